The summed E-state index contributed by atoms with van der Waals surface area (Å²) in [6.07, 6.45) is 6.30. The van der Waals surface area contributed by atoms with Gasteiger partial charge in [-0.1, -0.05) is 0 Å². The third-order valence-electron chi connectivity index (χ3n) is 3.02. The number of rotatable bonds is 3. The lowest BCUT2D eigenvalue weighted by atomic mass is 10.2. The molecule has 116 valence electrons. The average Bonchev–Trinajstić information content (AvgIpc) is 3.07. The van der Waals surface area contributed by atoms with Gasteiger partial charge in [0.2, 0.25) is 0 Å². The van der Waals surface area contributed by atoms with Crippen molar-refractivity contribution in [3.63, 3.8) is 0 Å². The van der Waals surface area contributed by atoms with Gasteiger partial charge in [0.05, 0.1) is 9.13 Å². The molecule has 0 fully saturated rings. The van der Waals surface area contributed by atoms with Crippen molar-refractivity contribution >= 4 is 34.2 Å². The Balaban J connectivity index is 1.78. The summed E-state index contributed by atoms with van der Waals surface area (Å²) in [5.41, 5.74) is 0.317. The van der Waals surface area contributed by atoms with Crippen LogP contribution >= 0.6 is 22.6 Å². The molecular weight excluding hydrogens is 417 g/mol. The van der Waals surface area contributed by atoms with Gasteiger partial charge in [0.15, 0.2) is 0 Å². The van der Waals surface area contributed by atoms with E-state index in [0.717, 1.165) is 12.1 Å². The van der Waals surface area contributed by atoms with Crippen LogP contribution in [0.5, 0.6) is 0 Å². The Bertz CT molecular complexity index is 827. The predicted molar refractivity (Wildman–Crippen MR) is 88.4 cm³/mol. The van der Waals surface area contributed by atoms with Crippen molar-refractivity contribution in [1.82, 2.24) is 14.5 Å². The lowest BCUT2D eigenvalue weighted by Crippen LogP contribution is -2.13. The molecule has 0 saturated carbocycles. The fourth-order valence-corrected chi connectivity index (χ4v) is 2.21. The molecule has 5 nitrogen and oxygen atoms in total. The van der Waals surface area contributed by atoms with Crippen LogP contribution in [0.3, 0.4) is 0 Å². The lowest BCUT2D eigenvalue weighted by molar-refractivity contribution is 0.102. The number of imidazole rings is 1. The molecular formula is C15H9F2IN4O. The summed E-state index contributed by atoms with van der Waals surface area (Å²) in [6.45, 7) is 0. The predicted octanol–water partition coefficient (Wildman–Crippen LogP) is 3.40. The number of amides is 1. The number of halogens is 3. The number of nitrogens with zero attached hydrogens (tertiary/aromatic N) is 3. The van der Waals surface area contributed by atoms with Crippen molar-refractivity contribution in [2.75, 3.05) is 5.32 Å². The molecule has 0 aliphatic carbocycles. The van der Waals surface area contributed by atoms with Crippen LogP contribution in [0.1, 0.15) is 10.4 Å². The molecule has 0 spiro atoms. The molecule has 0 bridgehead atoms. The van der Waals surface area contributed by atoms with E-state index in [9.17, 15) is 13.6 Å². The van der Waals surface area contributed by atoms with Crippen LogP contribution in [0, 0.1) is 15.2 Å². The van der Waals surface area contributed by atoms with E-state index in [2.05, 4.69) is 15.3 Å². The monoisotopic (exact) mass is 426 g/mol. The molecule has 2 heterocycles. The molecule has 0 aliphatic heterocycles. The summed E-state index contributed by atoms with van der Waals surface area (Å²) in [5.74, 6) is -1.36. The van der Waals surface area contributed by atoms with Gasteiger partial charge in [0.1, 0.15) is 23.8 Å². The second kappa shape index (κ2) is 6.41. The van der Waals surface area contributed by atoms with E-state index in [4.69, 9.17) is 0 Å². The normalized spacial score (nSPS) is 10.6. The van der Waals surface area contributed by atoms with E-state index in [0.29, 0.717) is 5.82 Å². The van der Waals surface area contributed by atoms with Crippen molar-refractivity contribution < 1.29 is 13.6 Å². The van der Waals surface area contributed by atoms with Gasteiger partial charge < -0.3 is 5.32 Å². The molecule has 1 aromatic carbocycles. The van der Waals surface area contributed by atoms with Gasteiger partial charge in [0.25, 0.3) is 5.91 Å². The van der Waals surface area contributed by atoms with Crippen LogP contribution < -0.4 is 5.32 Å². The van der Waals surface area contributed by atoms with Crippen molar-refractivity contribution in [2.45, 2.75) is 0 Å². The van der Waals surface area contributed by atoms with Crippen LogP contribution in [0.2, 0.25) is 0 Å². The molecule has 2 aromatic heterocycles. The average molecular weight is 426 g/mol. The van der Waals surface area contributed by atoms with Crippen LogP contribution in [-0.4, -0.2) is 20.4 Å². The summed E-state index contributed by atoms with van der Waals surface area (Å²) < 4.78 is 28.5. The minimum absolute atomic E-state index is 0.0455. The first-order valence-corrected chi connectivity index (χ1v) is 7.53. The first-order chi connectivity index (χ1) is 11.0. The van der Waals surface area contributed by atoms with Crippen molar-refractivity contribution in [3.8, 4) is 5.82 Å². The molecule has 1 N–H and O–H groups in total. The molecule has 0 saturated heterocycles. The van der Waals surface area contributed by atoms with Gasteiger partial charge in [0, 0.05) is 24.3 Å². The maximum Gasteiger partial charge on any atom is 0.257 e. The molecule has 0 atom stereocenters. The van der Waals surface area contributed by atoms with Crippen LogP contribution in [0.25, 0.3) is 5.82 Å². The van der Waals surface area contributed by atoms with Gasteiger partial charge in [-0.3, -0.25) is 9.36 Å². The quantitative estimate of drug-likeness (QED) is 0.516. The zero-order chi connectivity index (χ0) is 16.4. The zero-order valence-corrected chi connectivity index (χ0v) is 13.7. The largest absolute Gasteiger partial charge is 0.322 e. The minimum Gasteiger partial charge on any atom is -0.322 e. The Kier molecular flexibility index (Phi) is 4.33. The molecule has 8 heteroatoms. The van der Waals surface area contributed by atoms with Crippen molar-refractivity contribution in [1.29, 1.82) is 0 Å². The van der Waals surface area contributed by atoms with E-state index in [1.807, 2.05) is 0 Å². The Morgan fingerprint density at radius 1 is 1.22 bits per heavy atom. The van der Waals surface area contributed by atoms with Gasteiger partial charge in [-0.15, -0.1) is 0 Å². The second-order valence-electron chi connectivity index (χ2n) is 4.58. The minimum atomic E-state index is -0.727. The molecule has 1 amide bonds. The molecule has 0 unspecified atom stereocenters. The van der Waals surface area contributed by atoms with Crippen LogP contribution in [-0.2, 0) is 0 Å². The summed E-state index contributed by atoms with van der Waals surface area (Å²) in [6, 6.07) is 5.34. The highest BCUT2D eigenvalue weighted by molar-refractivity contribution is 14.1. The number of pyridine rings is 1. The smallest absolute Gasteiger partial charge is 0.257 e. The Morgan fingerprint density at radius 2 is 1.96 bits per heavy atom. The molecule has 3 aromatic rings. The summed E-state index contributed by atoms with van der Waals surface area (Å²) >= 11 is 1.56. The third kappa shape index (κ3) is 3.36. The fraction of sp³-hybridized carbons (Fsp3) is 0. The van der Waals surface area contributed by atoms with Gasteiger partial charge in [-0.2, -0.15) is 0 Å². The van der Waals surface area contributed by atoms with E-state index < -0.39 is 17.5 Å². The topological polar surface area (TPSA) is 59.8 Å². The molecule has 3 rings (SSSR count). The Labute approximate surface area is 143 Å². The van der Waals surface area contributed by atoms with E-state index >= 15 is 0 Å². The highest BCUT2D eigenvalue weighted by Gasteiger charge is 2.12. The Morgan fingerprint density at radius 3 is 2.52 bits per heavy atom. The van der Waals surface area contributed by atoms with Crippen molar-refractivity contribution in [3.05, 3.63) is 70.0 Å². The number of hydrogen-bond donors (Lipinski definition) is 1. The third-order valence-corrected chi connectivity index (χ3v) is 4.05. The number of carbonyl (C=O) groups is 1. The van der Waals surface area contributed by atoms with Crippen molar-refractivity contribution in [2.24, 2.45) is 0 Å². The van der Waals surface area contributed by atoms with Gasteiger partial charge in [-0.05, 0) is 46.9 Å². The molecule has 0 aliphatic rings. The summed E-state index contributed by atoms with van der Waals surface area (Å²) in [7, 11) is 0. The van der Waals surface area contributed by atoms with E-state index in [1.54, 1.807) is 58.0 Å². The van der Waals surface area contributed by atoms with E-state index in [-0.39, 0.29) is 14.8 Å². The SMILES string of the molecule is O=C(Nc1cc(F)c(I)c(F)c1)c1ccc(-n2ccnc2)nc1. The standard InChI is InChI=1S/C15H9F2IN4O/c16-11-5-10(6-12(17)14(11)18)21-15(23)9-1-2-13(20-7-9)22-4-3-19-8-22/h1-8H,(H,21,23). The van der Waals surface area contributed by atoms with Gasteiger partial charge in [-0.25, -0.2) is 18.7 Å². The first kappa shape index (κ1) is 15.5. The summed E-state index contributed by atoms with van der Waals surface area (Å²) in [4.78, 5) is 20.2. The number of hydrogen-bond acceptors (Lipinski definition) is 3. The first-order valence-electron chi connectivity index (χ1n) is 6.45. The lowest BCUT2D eigenvalue weighted by Gasteiger charge is -2.07. The maximum absolute atomic E-state index is 13.5. The van der Waals surface area contributed by atoms with Crippen LogP contribution in [0.4, 0.5) is 14.5 Å². The number of anilines is 1. The highest BCUT2D eigenvalue weighted by Crippen LogP contribution is 2.21. The van der Waals surface area contributed by atoms with E-state index in [1.165, 1.54) is 6.20 Å². The second-order valence-corrected chi connectivity index (χ2v) is 5.66. The Hall–Kier alpha value is -2.36. The summed E-state index contributed by atoms with van der Waals surface area (Å²) in [5, 5.41) is 2.44. The number of carbonyl (C=O) groups excluding carboxylic acids is 1. The number of aromatic nitrogens is 3. The molecule has 0 radical (unpaired) electrons. The maximum atomic E-state index is 13.5. The highest BCUT2D eigenvalue weighted by atomic mass is 127. The van der Waals surface area contributed by atoms with Gasteiger partial charge >= 0.3 is 0 Å². The zero-order valence-electron chi connectivity index (χ0n) is 11.5. The fourth-order valence-electron chi connectivity index (χ4n) is 1.90. The number of benzene rings is 1. The number of nitrogens with one attached hydrogen (secondary N) is 1. The van der Waals surface area contributed by atoms with Crippen LogP contribution in [0.15, 0.2) is 49.2 Å². The molecule has 23 heavy (non-hydrogen) atoms.